The van der Waals surface area contributed by atoms with Crippen molar-refractivity contribution in [2.75, 3.05) is 38.0 Å². The third-order valence-electron chi connectivity index (χ3n) is 2.62. The lowest BCUT2D eigenvalue weighted by Gasteiger charge is -2.14. The summed E-state index contributed by atoms with van der Waals surface area (Å²) in [4.78, 5) is 13.7. The van der Waals surface area contributed by atoms with E-state index in [1.807, 2.05) is 43.3 Å². The van der Waals surface area contributed by atoms with Gasteiger partial charge in [-0.1, -0.05) is 0 Å². The van der Waals surface area contributed by atoms with E-state index in [-0.39, 0.29) is 5.91 Å². The fourth-order valence-electron chi connectivity index (χ4n) is 1.45. The molecule has 3 N–H and O–H groups in total. The molecule has 0 aromatic heterocycles. The zero-order chi connectivity index (χ0) is 13.5. The molecule has 0 fully saturated rings. The summed E-state index contributed by atoms with van der Waals surface area (Å²) in [5.74, 6) is -0.190. The van der Waals surface area contributed by atoms with Crippen LogP contribution in [0.3, 0.4) is 0 Å². The number of nitrogens with zero attached hydrogens (tertiary/aromatic N) is 1. The molecule has 0 saturated carbocycles. The molecule has 0 spiro atoms. The van der Waals surface area contributed by atoms with Gasteiger partial charge in [0.05, 0.1) is 6.04 Å². The van der Waals surface area contributed by atoms with Crippen molar-refractivity contribution < 1.29 is 9.53 Å². The Labute approximate surface area is 108 Å². The Morgan fingerprint density at radius 3 is 2.50 bits per heavy atom. The molecule has 5 nitrogen and oxygen atoms in total. The summed E-state index contributed by atoms with van der Waals surface area (Å²) >= 11 is 0. The van der Waals surface area contributed by atoms with E-state index in [1.54, 1.807) is 7.11 Å². The van der Waals surface area contributed by atoms with Gasteiger partial charge in [0.2, 0.25) is 5.91 Å². The fraction of sp³-hybridized carbons (Fsp3) is 0.462. The lowest BCUT2D eigenvalue weighted by molar-refractivity contribution is -0.117. The number of benzene rings is 1. The van der Waals surface area contributed by atoms with Crippen LogP contribution in [0.15, 0.2) is 24.3 Å². The first-order chi connectivity index (χ1) is 8.54. The zero-order valence-electron chi connectivity index (χ0n) is 11.1. The van der Waals surface area contributed by atoms with Crippen LogP contribution in [-0.4, -0.2) is 39.8 Å². The van der Waals surface area contributed by atoms with Gasteiger partial charge in [-0.3, -0.25) is 4.79 Å². The summed E-state index contributed by atoms with van der Waals surface area (Å²) in [6.07, 6.45) is 0.512. The predicted molar refractivity (Wildman–Crippen MR) is 73.9 cm³/mol. The predicted octanol–water partition coefficient (Wildman–Crippen LogP) is 1.05. The first-order valence-electron chi connectivity index (χ1n) is 5.87. The third kappa shape index (κ3) is 4.35. The third-order valence-corrected chi connectivity index (χ3v) is 2.62. The fourth-order valence-corrected chi connectivity index (χ4v) is 1.45. The van der Waals surface area contributed by atoms with Crippen LogP contribution in [0.4, 0.5) is 11.4 Å². The van der Waals surface area contributed by atoms with Crippen molar-refractivity contribution in [3.8, 4) is 0 Å². The molecule has 18 heavy (non-hydrogen) atoms. The lowest BCUT2D eigenvalue weighted by Crippen LogP contribution is -2.36. The minimum Gasteiger partial charge on any atom is -0.385 e. The Morgan fingerprint density at radius 1 is 1.39 bits per heavy atom. The highest BCUT2D eigenvalue weighted by Gasteiger charge is 2.12. The van der Waals surface area contributed by atoms with Gasteiger partial charge in [0.25, 0.3) is 0 Å². The molecule has 1 atom stereocenters. The molecule has 1 aromatic carbocycles. The van der Waals surface area contributed by atoms with Crippen molar-refractivity contribution in [1.29, 1.82) is 0 Å². The van der Waals surface area contributed by atoms with E-state index >= 15 is 0 Å². The number of ether oxygens (including phenoxy) is 1. The Kier molecular flexibility index (Phi) is 5.61. The highest BCUT2D eigenvalue weighted by atomic mass is 16.5. The average molecular weight is 251 g/mol. The van der Waals surface area contributed by atoms with Crippen LogP contribution in [0.1, 0.15) is 6.42 Å². The summed E-state index contributed by atoms with van der Waals surface area (Å²) in [6.45, 7) is 0.480. The Bertz CT molecular complexity index is 376. The molecule has 1 amide bonds. The monoisotopic (exact) mass is 251 g/mol. The molecule has 5 heteroatoms. The van der Waals surface area contributed by atoms with Gasteiger partial charge in [0, 0.05) is 39.2 Å². The number of methoxy groups -OCH3 is 1. The quantitative estimate of drug-likeness (QED) is 0.793. The molecule has 0 aliphatic carbocycles. The Balaban J connectivity index is 2.53. The second kappa shape index (κ2) is 6.98. The van der Waals surface area contributed by atoms with E-state index in [2.05, 4.69) is 5.32 Å². The van der Waals surface area contributed by atoms with Crippen LogP contribution in [-0.2, 0) is 9.53 Å². The van der Waals surface area contributed by atoms with Crippen molar-refractivity contribution in [3.05, 3.63) is 24.3 Å². The van der Waals surface area contributed by atoms with Gasteiger partial charge in [-0.05, 0) is 30.7 Å². The van der Waals surface area contributed by atoms with Gasteiger partial charge in [-0.15, -0.1) is 0 Å². The van der Waals surface area contributed by atoms with Crippen molar-refractivity contribution in [2.45, 2.75) is 12.5 Å². The van der Waals surface area contributed by atoms with Crippen LogP contribution in [0.2, 0.25) is 0 Å². The molecule has 0 saturated heterocycles. The van der Waals surface area contributed by atoms with Crippen molar-refractivity contribution >= 4 is 17.3 Å². The maximum Gasteiger partial charge on any atom is 0.241 e. The molecule has 0 bridgehead atoms. The number of amides is 1. The van der Waals surface area contributed by atoms with Gasteiger partial charge in [0.1, 0.15) is 0 Å². The summed E-state index contributed by atoms with van der Waals surface area (Å²) in [5, 5.41) is 2.78. The molecular weight excluding hydrogens is 230 g/mol. The van der Waals surface area contributed by atoms with E-state index in [4.69, 9.17) is 10.5 Å². The molecular formula is C13H21N3O2. The van der Waals surface area contributed by atoms with Crippen LogP contribution in [0.25, 0.3) is 0 Å². The Morgan fingerprint density at radius 2 is 2.00 bits per heavy atom. The zero-order valence-corrected chi connectivity index (χ0v) is 11.1. The molecule has 0 radical (unpaired) electrons. The first kappa shape index (κ1) is 14.5. The second-order valence-electron chi connectivity index (χ2n) is 4.32. The SMILES string of the molecule is COCCC(N)C(=O)Nc1ccc(N(C)C)cc1. The number of nitrogens with one attached hydrogen (secondary N) is 1. The topological polar surface area (TPSA) is 67.6 Å². The maximum absolute atomic E-state index is 11.7. The molecule has 1 aromatic rings. The van der Waals surface area contributed by atoms with Crippen molar-refractivity contribution in [1.82, 2.24) is 0 Å². The van der Waals surface area contributed by atoms with Crippen molar-refractivity contribution in [2.24, 2.45) is 5.73 Å². The van der Waals surface area contributed by atoms with Gasteiger partial charge in [-0.2, -0.15) is 0 Å². The normalized spacial score (nSPS) is 12.0. The van der Waals surface area contributed by atoms with Gasteiger partial charge >= 0.3 is 0 Å². The smallest absolute Gasteiger partial charge is 0.241 e. The van der Waals surface area contributed by atoms with E-state index in [0.717, 1.165) is 11.4 Å². The summed E-state index contributed by atoms with van der Waals surface area (Å²) in [7, 11) is 5.52. The van der Waals surface area contributed by atoms with E-state index in [9.17, 15) is 4.79 Å². The maximum atomic E-state index is 11.7. The van der Waals surface area contributed by atoms with Crippen LogP contribution in [0.5, 0.6) is 0 Å². The highest BCUT2D eigenvalue weighted by Crippen LogP contribution is 2.15. The van der Waals surface area contributed by atoms with Gasteiger partial charge < -0.3 is 20.7 Å². The summed E-state index contributed by atoms with van der Waals surface area (Å²) in [6, 6.07) is 7.05. The van der Waals surface area contributed by atoms with E-state index in [0.29, 0.717) is 13.0 Å². The molecule has 100 valence electrons. The standard InChI is InChI=1S/C13H21N3O2/c1-16(2)11-6-4-10(5-7-11)15-13(17)12(14)8-9-18-3/h4-7,12H,8-9,14H2,1-3H3,(H,15,17). The minimum absolute atomic E-state index is 0.190. The highest BCUT2D eigenvalue weighted by molar-refractivity contribution is 5.94. The molecule has 1 rings (SSSR count). The number of anilines is 2. The van der Waals surface area contributed by atoms with Gasteiger partial charge in [0.15, 0.2) is 0 Å². The van der Waals surface area contributed by atoms with Crippen LogP contribution < -0.4 is 16.0 Å². The number of nitrogens with two attached hydrogens (primary N) is 1. The average Bonchev–Trinajstić information content (AvgIpc) is 2.36. The number of carbonyl (C=O) groups excluding carboxylic acids is 1. The number of carbonyl (C=O) groups is 1. The van der Waals surface area contributed by atoms with Crippen LogP contribution in [0, 0.1) is 0 Å². The summed E-state index contributed by atoms with van der Waals surface area (Å²) < 4.78 is 4.89. The van der Waals surface area contributed by atoms with E-state index < -0.39 is 6.04 Å². The molecule has 0 aliphatic rings. The Hall–Kier alpha value is -1.59. The minimum atomic E-state index is -0.543. The molecule has 0 aliphatic heterocycles. The second-order valence-corrected chi connectivity index (χ2v) is 4.32. The van der Waals surface area contributed by atoms with Crippen molar-refractivity contribution in [3.63, 3.8) is 0 Å². The molecule has 1 unspecified atom stereocenters. The largest absolute Gasteiger partial charge is 0.385 e. The van der Waals surface area contributed by atoms with Crippen LogP contribution >= 0.6 is 0 Å². The summed E-state index contributed by atoms with van der Waals surface area (Å²) in [5.41, 5.74) is 7.56. The number of hydrogen-bond donors (Lipinski definition) is 2. The number of rotatable bonds is 6. The lowest BCUT2D eigenvalue weighted by atomic mass is 10.2. The number of hydrogen-bond acceptors (Lipinski definition) is 4. The first-order valence-corrected chi connectivity index (χ1v) is 5.87. The molecule has 0 heterocycles. The van der Waals surface area contributed by atoms with Gasteiger partial charge in [-0.25, -0.2) is 0 Å². The van der Waals surface area contributed by atoms with E-state index in [1.165, 1.54) is 0 Å².